The molecule has 3 aliphatic heterocycles. The molecule has 358 valence electrons. The molecule has 3 aliphatic rings. The van der Waals surface area contributed by atoms with Gasteiger partial charge in [-0.15, -0.1) is 11.6 Å². The van der Waals surface area contributed by atoms with Crippen molar-refractivity contribution in [2.75, 3.05) is 53.3 Å². The number of aliphatic hydroxyl groups excluding tert-OH is 3. The van der Waals surface area contributed by atoms with Gasteiger partial charge in [0.1, 0.15) is 30.0 Å². The highest BCUT2D eigenvalue weighted by Gasteiger charge is 2.53. The summed E-state index contributed by atoms with van der Waals surface area (Å²) in [6, 6.07) is -0.918. The van der Waals surface area contributed by atoms with Crippen LogP contribution < -0.4 is 10.6 Å². The van der Waals surface area contributed by atoms with E-state index >= 15 is 0 Å². The molecule has 0 unspecified atom stereocenters. The molecule has 0 aliphatic carbocycles. The van der Waals surface area contributed by atoms with E-state index in [4.69, 9.17) is 52.2 Å². The zero-order valence-corrected chi connectivity index (χ0v) is 40.6. The monoisotopic (exact) mass is 913 g/mol. The molecule has 3 heterocycles. The zero-order chi connectivity index (χ0) is 46.2. The van der Waals surface area contributed by atoms with Gasteiger partial charge in [0, 0.05) is 63.6 Å². The first kappa shape index (κ1) is 54.3. The molecule has 7 N–H and O–H groups in total. The van der Waals surface area contributed by atoms with Crippen LogP contribution in [0.4, 0.5) is 0 Å². The Labute approximate surface area is 375 Å². The van der Waals surface area contributed by atoms with Crippen LogP contribution in [0.15, 0.2) is 0 Å². The van der Waals surface area contributed by atoms with Crippen LogP contribution in [0.25, 0.3) is 0 Å². The number of methoxy groups -OCH3 is 1. The van der Waals surface area contributed by atoms with Crippen LogP contribution in [0.1, 0.15) is 101 Å². The van der Waals surface area contributed by atoms with Crippen LogP contribution in [0, 0.1) is 17.8 Å². The lowest BCUT2D eigenvalue weighted by Gasteiger charge is -2.48. The normalized spacial score (nSPS) is 43.9. The molecule has 0 radical (unpaired) electrons. The minimum Gasteiger partial charge on any atom is -0.459 e. The Morgan fingerprint density at radius 2 is 1.62 bits per heavy atom. The number of nitrogens with one attached hydrogen (secondary N) is 2. The summed E-state index contributed by atoms with van der Waals surface area (Å²) in [6.07, 6.45) is -8.06. The van der Waals surface area contributed by atoms with Crippen molar-refractivity contribution in [3.05, 3.63) is 0 Å². The minimum atomic E-state index is -1.87. The highest BCUT2D eigenvalue weighted by atomic mass is 35.5. The first-order valence-corrected chi connectivity index (χ1v) is 23.1. The molecule has 3 fully saturated rings. The van der Waals surface area contributed by atoms with Gasteiger partial charge in [-0.1, -0.05) is 20.8 Å². The minimum absolute atomic E-state index is 0.114. The molecule has 18 atom stereocenters. The number of aliphatic hydroxyl groups is 5. The van der Waals surface area contributed by atoms with Gasteiger partial charge in [0.2, 0.25) is 0 Å². The third-order valence-corrected chi connectivity index (χ3v) is 13.8. The highest BCUT2D eigenvalue weighted by molar-refractivity contribution is 7.80. The topological polar surface area (TPSA) is 204 Å². The van der Waals surface area contributed by atoms with E-state index in [9.17, 15) is 30.3 Å². The predicted molar refractivity (Wildman–Crippen MR) is 237 cm³/mol. The average Bonchev–Trinajstić information content (AvgIpc) is 3.19. The van der Waals surface area contributed by atoms with Crippen molar-refractivity contribution in [3.8, 4) is 0 Å². The van der Waals surface area contributed by atoms with Crippen LogP contribution in [0.2, 0.25) is 0 Å². The van der Waals surface area contributed by atoms with E-state index in [2.05, 4.69) is 15.5 Å². The van der Waals surface area contributed by atoms with Crippen LogP contribution in [0.5, 0.6) is 0 Å². The first-order valence-electron chi connectivity index (χ1n) is 22.2. The van der Waals surface area contributed by atoms with Gasteiger partial charge in [-0.25, -0.2) is 0 Å². The van der Waals surface area contributed by atoms with E-state index in [-0.39, 0.29) is 37.3 Å². The van der Waals surface area contributed by atoms with Crippen molar-refractivity contribution in [1.82, 2.24) is 20.4 Å². The number of ether oxygens (including phenoxy) is 6. The zero-order valence-electron chi connectivity index (χ0n) is 39.0. The maximum absolute atomic E-state index is 14.5. The molecule has 18 heteroatoms. The number of halogens is 1. The fraction of sp³-hybridized carbons (Fsp3) is 0.953. The number of esters is 1. The summed E-state index contributed by atoms with van der Waals surface area (Å²) in [5.41, 5.74) is -4.54. The molecule has 0 aromatic rings. The van der Waals surface area contributed by atoms with Gasteiger partial charge >= 0.3 is 5.97 Å². The number of alkyl halides is 1. The Bertz CT molecular complexity index is 1370. The number of nitrogens with zero attached hydrogens (tertiary/aromatic N) is 2. The molecule has 0 bridgehead atoms. The summed E-state index contributed by atoms with van der Waals surface area (Å²) in [5.74, 6) is -2.34. The predicted octanol–water partition coefficient (Wildman–Crippen LogP) is 2.36. The Morgan fingerprint density at radius 3 is 2.21 bits per heavy atom. The lowest BCUT2D eigenvalue weighted by atomic mass is 9.77. The van der Waals surface area contributed by atoms with Gasteiger partial charge in [0.15, 0.2) is 17.7 Å². The van der Waals surface area contributed by atoms with Crippen molar-refractivity contribution in [2.24, 2.45) is 17.8 Å². The maximum atomic E-state index is 14.5. The molecule has 0 amide bonds. The number of cyclic esters (lactones) is 1. The number of rotatable bonds is 13. The van der Waals surface area contributed by atoms with Gasteiger partial charge in [0.25, 0.3) is 0 Å². The fourth-order valence-electron chi connectivity index (χ4n) is 9.61. The molecule has 0 spiro atoms. The number of thiocarbonyl (C=S) groups is 1. The SMILES string of the molecule is CC[C@H]1OC(=O)[C@H](C)[C@@H](O[C@H]2C[C@@](C)(OC)[C@@H](O)[C@H](C)O2)[C@H](C)[C@@H](O[C@@H]2O[C@H](C)C[C@H](N(C)C)[C@H]2O)[C@](C)(O)C[C@@H](C)CN(CCCNC(=S)NCCCl)[C@H](C)[C@@H](O)[C@]1(C)O. The van der Waals surface area contributed by atoms with Gasteiger partial charge in [-0.3, -0.25) is 9.69 Å². The summed E-state index contributed by atoms with van der Waals surface area (Å²) < 4.78 is 38.0. The second kappa shape index (κ2) is 23.4. The summed E-state index contributed by atoms with van der Waals surface area (Å²) in [6.45, 7) is 19.6. The summed E-state index contributed by atoms with van der Waals surface area (Å²) in [7, 11) is 5.27. The second-order valence-corrected chi connectivity index (χ2v) is 19.7. The van der Waals surface area contributed by atoms with Gasteiger partial charge in [-0.05, 0) is 106 Å². The Hall–Kier alpha value is -1.03. The number of carbonyl (C=O) groups is 1. The van der Waals surface area contributed by atoms with E-state index < -0.39 is 96.0 Å². The van der Waals surface area contributed by atoms with Crippen molar-refractivity contribution in [3.63, 3.8) is 0 Å². The van der Waals surface area contributed by atoms with Gasteiger partial charge in [0.05, 0.1) is 41.5 Å². The fourth-order valence-corrected chi connectivity index (χ4v) is 9.90. The van der Waals surface area contributed by atoms with E-state index in [0.29, 0.717) is 50.0 Å². The Kier molecular flexibility index (Phi) is 20.9. The molecular weight excluding hydrogens is 832 g/mol. The number of hydrogen-bond acceptors (Lipinski definition) is 15. The summed E-state index contributed by atoms with van der Waals surface area (Å²) >= 11 is 11.2. The largest absolute Gasteiger partial charge is 0.459 e. The number of hydrogen-bond donors (Lipinski definition) is 7. The molecule has 0 aromatic heterocycles. The molecule has 3 saturated heterocycles. The van der Waals surface area contributed by atoms with Crippen LogP contribution >= 0.6 is 23.8 Å². The van der Waals surface area contributed by atoms with Crippen LogP contribution in [-0.2, 0) is 33.2 Å². The summed E-state index contributed by atoms with van der Waals surface area (Å²) in [4.78, 5) is 18.5. The molecule has 3 rings (SSSR count). The van der Waals surface area contributed by atoms with E-state index in [1.807, 2.05) is 46.7 Å². The Balaban J connectivity index is 2.15. The standard InChI is InChI=1S/C43H81ClN4O12S/c1-14-31-43(10,54)35(50)28(6)48(19-15-17-45-40(61)46-18-16-44)23-24(2)21-41(8,53)37(60-39-33(49)30(47(11)12)20-25(3)56-39)26(4)34(27(5)38(52)58-31)59-32-22-42(9,55-13)36(51)29(7)57-32/h24-37,39,49-51,53-54H,14-23H2,1-13H3,(H2,45,46,61)/t24-,25-,26+,27-,28-,29+,30+,31-,32+,33-,34+,35-,36+,37-,39+,41-,42-,43-/m1/s1. The number of likely N-dealkylation sites (N-methyl/N-ethyl adjacent to an activating group) is 1. The smallest absolute Gasteiger partial charge is 0.311 e. The molecule has 0 aromatic carbocycles. The van der Waals surface area contributed by atoms with Crippen molar-refractivity contribution in [1.29, 1.82) is 0 Å². The van der Waals surface area contributed by atoms with Gasteiger partial charge in [-0.2, -0.15) is 0 Å². The van der Waals surface area contributed by atoms with E-state index in [1.165, 1.54) is 14.0 Å². The number of carbonyl (C=O) groups excluding carboxylic acids is 1. The second-order valence-electron chi connectivity index (χ2n) is 18.9. The first-order chi connectivity index (χ1) is 28.3. The third-order valence-electron chi connectivity index (χ3n) is 13.3. The van der Waals surface area contributed by atoms with Crippen LogP contribution in [-0.4, -0.2) is 190 Å². The van der Waals surface area contributed by atoms with E-state index in [1.54, 1.807) is 34.6 Å². The Morgan fingerprint density at radius 1 is 0.984 bits per heavy atom. The van der Waals surface area contributed by atoms with Crippen molar-refractivity contribution in [2.45, 2.75) is 192 Å². The average molecular weight is 914 g/mol. The van der Waals surface area contributed by atoms with Crippen molar-refractivity contribution < 1.29 is 58.7 Å². The third kappa shape index (κ3) is 14.0. The lowest BCUT2D eigenvalue weighted by molar-refractivity contribution is -0.318. The van der Waals surface area contributed by atoms with E-state index in [0.717, 1.165) is 0 Å². The summed E-state index contributed by atoms with van der Waals surface area (Å²) in [5, 5.41) is 66.3. The molecular formula is C43H81ClN4O12S. The van der Waals surface area contributed by atoms with Crippen LogP contribution in [0.3, 0.4) is 0 Å². The molecule has 0 saturated carbocycles. The molecule has 16 nitrogen and oxygen atoms in total. The lowest BCUT2D eigenvalue weighted by Crippen LogP contribution is -2.60. The quantitative estimate of drug-likeness (QED) is 0.0614. The maximum Gasteiger partial charge on any atom is 0.311 e. The van der Waals surface area contributed by atoms with Crippen molar-refractivity contribution >= 4 is 34.9 Å². The van der Waals surface area contributed by atoms with Gasteiger partial charge < -0.3 is 69.5 Å². The highest BCUT2D eigenvalue weighted by Crippen LogP contribution is 2.40. The molecule has 61 heavy (non-hydrogen) atoms.